The molecule has 36 heavy (non-hydrogen) atoms. The number of ether oxygens (including phenoxy) is 3. The van der Waals surface area contributed by atoms with Crippen LogP contribution in [-0.2, 0) is 10.3 Å². The minimum Gasteiger partial charge on any atom is -0.496 e. The van der Waals surface area contributed by atoms with E-state index in [0.29, 0.717) is 22.8 Å². The SMILES string of the molecule is CCN(CC)c1ccc(C2(c3ccc(N(CC)CC)cc3OC)OC(=O)c3ncccc32)c(OC)c1. The van der Waals surface area contributed by atoms with Gasteiger partial charge in [-0.3, -0.25) is 0 Å². The van der Waals surface area contributed by atoms with Crippen LogP contribution in [0.2, 0.25) is 0 Å². The number of rotatable bonds is 10. The number of hydrogen-bond acceptors (Lipinski definition) is 7. The molecule has 0 fully saturated rings. The van der Waals surface area contributed by atoms with Crippen LogP contribution in [0.5, 0.6) is 11.5 Å². The van der Waals surface area contributed by atoms with E-state index in [-0.39, 0.29) is 0 Å². The second-order valence-corrected chi connectivity index (χ2v) is 8.58. The molecule has 1 aliphatic rings. The maximum atomic E-state index is 13.2. The van der Waals surface area contributed by atoms with Crippen LogP contribution < -0.4 is 19.3 Å². The Kier molecular flexibility index (Phi) is 7.38. The maximum Gasteiger partial charge on any atom is 0.358 e. The van der Waals surface area contributed by atoms with Crippen molar-refractivity contribution in [2.45, 2.75) is 33.3 Å². The van der Waals surface area contributed by atoms with Crippen LogP contribution in [0.3, 0.4) is 0 Å². The molecule has 0 saturated carbocycles. The highest BCUT2D eigenvalue weighted by atomic mass is 16.6. The zero-order valence-corrected chi connectivity index (χ0v) is 22.0. The van der Waals surface area contributed by atoms with Gasteiger partial charge in [0.05, 0.1) is 14.2 Å². The molecule has 2 heterocycles. The van der Waals surface area contributed by atoms with Crippen LogP contribution in [0.4, 0.5) is 11.4 Å². The topological polar surface area (TPSA) is 64.1 Å². The number of anilines is 2. The highest BCUT2D eigenvalue weighted by molar-refractivity contribution is 5.95. The molecule has 2 aromatic carbocycles. The van der Waals surface area contributed by atoms with Crippen molar-refractivity contribution < 1.29 is 19.0 Å². The number of cyclic esters (lactones) is 1. The van der Waals surface area contributed by atoms with Crippen molar-refractivity contribution in [1.82, 2.24) is 4.98 Å². The van der Waals surface area contributed by atoms with Crippen molar-refractivity contribution in [3.05, 3.63) is 77.1 Å². The Hall–Kier alpha value is -3.74. The van der Waals surface area contributed by atoms with Crippen LogP contribution in [-0.4, -0.2) is 51.4 Å². The number of nitrogens with zero attached hydrogens (tertiary/aromatic N) is 3. The van der Waals surface area contributed by atoms with Crippen molar-refractivity contribution in [1.29, 1.82) is 0 Å². The lowest BCUT2D eigenvalue weighted by Gasteiger charge is -2.33. The lowest BCUT2D eigenvalue weighted by atomic mass is 9.79. The van der Waals surface area contributed by atoms with Gasteiger partial charge in [-0.1, -0.05) is 6.07 Å². The molecule has 0 N–H and O–H groups in total. The predicted molar refractivity (Wildman–Crippen MR) is 143 cm³/mol. The first-order valence-electron chi connectivity index (χ1n) is 12.5. The Morgan fingerprint density at radius 1 is 0.778 bits per heavy atom. The molecular formula is C29H35N3O4. The van der Waals surface area contributed by atoms with Crippen LogP contribution in [0.25, 0.3) is 0 Å². The molecule has 0 saturated heterocycles. The van der Waals surface area contributed by atoms with Gasteiger partial charge in [0.25, 0.3) is 0 Å². The normalized spacial score (nSPS) is 13.7. The second-order valence-electron chi connectivity index (χ2n) is 8.58. The number of carbonyl (C=O) groups is 1. The Balaban J connectivity index is 2.02. The van der Waals surface area contributed by atoms with E-state index < -0.39 is 11.6 Å². The van der Waals surface area contributed by atoms with Crippen LogP contribution in [0, 0.1) is 0 Å². The highest BCUT2D eigenvalue weighted by Gasteiger charge is 2.52. The third-order valence-corrected chi connectivity index (χ3v) is 7.01. The summed E-state index contributed by atoms with van der Waals surface area (Å²) in [5.74, 6) is 0.771. The maximum absolute atomic E-state index is 13.2. The summed E-state index contributed by atoms with van der Waals surface area (Å²) in [5, 5.41) is 0. The number of methoxy groups -OCH3 is 2. The summed E-state index contributed by atoms with van der Waals surface area (Å²) in [7, 11) is 3.28. The summed E-state index contributed by atoms with van der Waals surface area (Å²) >= 11 is 0. The second kappa shape index (κ2) is 10.5. The first-order valence-corrected chi connectivity index (χ1v) is 12.5. The number of benzene rings is 2. The molecule has 1 aromatic heterocycles. The Labute approximate surface area is 213 Å². The van der Waals surface area contributed by atoms with E-state index in [1.807, 2.05) is 48.5 Å². The molecule has 1 aliphatic heterocycles. The van der Waals surface area contributed by atoms with E-state index in [0.717, 1.165) is 48.7 Å². The molecule has 0 unspecified atom stereocenters. The molecule has 7 heteroatoms. The zero-order valence-electron chi connectivity index (χ0n) is 22.0. The van der Waals surface area contributed by atoms with Crippen molar-refractivity contribution in [3.63, 3.8) is 0 Å². The van der Waals surface area contributed by atoms with E-state index >= 15 is 0 Å². The van der Waals surface area contributed by atoms with Gasteiger partial charge >= 0.3 is 5.97 Å². The number of hydrogen-bond donors (Lipinski definition) is 0. The van der Waals surface area contributed by atoms with E-state index in [9.17, 15) is 4.79 Å². The van der Waals surface area contributed by atoms with Gasteiger partial charge in [0, 0.05) is 72.6 Å². The fourth-order valence-corrected chi connectivity index (χ4v) is 5.15. The average Bonchev–Trinajstić information content (AvgIpc) is 3.22. The van der Waals surface area contributed by atoms with Crippen molar-refractivity contribution >= 4 is 17.3 Å². The van der Waals surface area contributed by atoms with Crippen LogP contribution >= 0.6 is 0 Å². The van der Waals surface area contributed by atoms with Gasteiger partial charge in [-0.2, -0.15) is 0 Å². The Bertz CT molecular complexity index is 1170. The standard InChI is InChI=1S/C29H35N3O4/c1-7-31(8-2)20-13-15-22(25(18-20)34-5)29(24-12-11-17-30-27(24)28(33)36-29)23-16-14-21(19-26(23)35-6)32(9-3)10-4/h11-19H,7-10H2,1-6H3. The molecule has 0 aliphatic carbocycles. The Morgan fingerprint density at radius 2 is 1.28 bits per heavy atom. The summed E-state index contributed by atoms with van der Waals surface area (Å²) < 4.78 is 18.1. The fraction of sp³-hybridized carbons (Fsp3) is 0.379. The summed E-state index contributed by atoms with van der Waals surface area (Å²) in [6, 6.07) is 15.8. The number of fused-ring (bicyclic) bond motifs is 1. The molecule has 0 bridgehead atoms. The smallest absolute Gasteiger partial charge is 0.358 e. The third-order valence-electron chi connectivity index (χ3n) is 7.01. The molecule has 0 radical (unpaired) electrons. The number of esters is 1. The van der Waals surface area contributed by atoms with Gasteiger partial charge in [-0.25, -0.2) is 9.78 Å². The highest BCUT2D eigenvalue weighted by Crippen LogP contribution is 2.52. The summed E-state index contributed by atoms with van der Waals surface area (Å²) in [6.07, 6.45) is 1.61. The predicted octanol–water partition coefficient (Wildman–Crippen LogP) is 5.25. The fourth-order valence-electron chi connectivity index (χ4n) is 5.15. The Morgan fingerprint density at radius 3 is 1.72 bits per heavy atom. The molecule has 0 atom stereocenters. The molecular weight excluding hydrogens is 454 g/mol. The largest absolute Gasteiger partial charge is 0.496 e. The molecule has 4 rings (SSSR count). The average molecular weight is 490 g/mol. The third kappa shape index (κ3) is 4.02. The first-order chi connectivity index (χ1) is 17.5. The zero-order chi connectivity index (χ0) is 25.9. The summed E-state index contributed by atoms with van der Waals surface area (Å²) in [4.78, 5) is 22.0. The van der Waals surface area contributed by atoms with Gasteiger partial charge in [-0.05, 0) is 58.0 Å². The number of pyridine rings is 1. The van der Waals surface area contributed by atoms with E-state index in [1.54, 1.807) is 20.4 Å². The van der Waals surface area contributed by atoms with Crippen LogP contribution in [0.15, 0.2) is 54.7 Å². The lowest BCUT2D eigenvalue weighted by Crippen LogP contribution is -2.31. The lowest BCUT2D eigenvalue weighted by molar-refractivity contribution is 0.0236. The van der Waals surface area contributed by atoms with Gasteiger partial charge in [0.1, 0.15) is 11.5 Å². The van der Waals surface area contributed by atoms with Gasteiger partial charge in [0.2, 0.25) is 0 Å². The van der Waals surface area contributed by atoms with Crippen LogP contribution in [0.1, 0.15) is 54.9 Å². The summed E-state index contributed by atoms with van der Waals surface area (Å²) in [5.41, 5.74) is 3.19. The monoisotopic (exact) mass is 489 g/mol. The number of aromatic nitrogens is 1. The molecule has 0 amide bonds. The van der Waals surface area contributed by atoms with E-state index in [2.05, 4.69) is 42.5 Å². The van der Waals surface area contributed by atoms with Gasteiger partial charge in [-0.15, -0.1) is 0 Å². The van der Waals surface area contributed by atoms with Crippen molar-refractivity contribution in [2.24, 2.45) is 0 Å². The minimum atomic E-state index is -1.28. The van der Waals surface area contributed by atoms with Crippen molar-refractivity contribution in [2.75, 3.05) is 50.2 Å². The molecule has 3 aromatic rings. The minimum absolute atomic E-state index is 0.294. The molecule has 0 spiro atoms. The summed E-state index contributed by atoms with van der Waals surface area (Å²) in [6.45, 7) is 11.9. The molecule has 7 nitrogen and oxygen atoms in total. The number of carbonyl (C=O) groups excluding carboxylic acids is 1. The molecule has 190 valence electrons. The van der Waals surface area contributed by atoms with Gasteiger partial charge < -0.3 is 24.0 Å². The quantitative estimate of drug-likeness (QED) is 0.360. The first kappa shape index (κ1) is 25.4. The van der Waals surface area contributed by atoms with Crippen molar-refractivity contribution in [3.8, 4) is 11.5 Å². The van der Waals surface area contributed by atoms with E-state index in [4.69, 9.17) is 14.2 Å². The van der Waals surface area contributed by atoms with E-state index in [1.165, 1.54) is 0 Å². The van der Waals surface area contributed by atoms with Gasteiger partial charge in [0.15, 0.2) is 11.3 Å².